The Hall–Kier alpha value is -7.04. The molecule has 0 fully saturated rings. The molecule has 17 nitrogen and oxygen atoms in total. The fourth-order valence-electron chi connectivity index (χ4n) is 7.98. The molecule has 4 rings (SSSR count). The average Bonchev–Trinajstić information content (AvgIpc) is 3.73. The van der Waals surface area contributed by atoms with E-state index < -0.39 is 108 Å². The molecule has 366 valence electrons. The van der Waals surface area contributed by atoms with Gasteiger partial charge >= 0.3 is 11.9 Å². The molecule has 68 heavy (non-hydrogen) atoms. The quantitative estimate of drug-likeness (QED) is 0.0424. The molecule has 0 saturated heterocycles. The van der Waals surface area contributed by atoms with Crippen molar-refractivity contribution in [3.8, 4) is 0 Å². The number of amides is 6. The smallest absolute Gasteiger partial charge is 0.326 e. The van der Waals surface area contributed by atoms with Crippen LogP contribution in [0.1, 0.15) is 103 Å². The van der Waals surface area contributed by atoms with Gasteiger partial charge in [-0.15, -0.1) is 0 Å². The van der Waals surface area contributed by atoms with Gasteiger partial charge in [0.05, 0.1) is 6.42 Å². The number of aromatic amines is 1. The van der Waals surface area contributed by atoms with E-state index in [1.165, 1.54) is 0 Å². The van der Waals surface area contributed by atoms with Gasteiger partial charge in [-0.3, -0.25) is 33.6 Å². The highest BCUT2D eigenvalue weighted by Crippen LogP contribution is 2.29. The Kier molecular flexibility index (Phi) is 20.3. The summed E-state index contributed by atoms with van der Waals surface area (Å²) in [6.07, 6.45) is 1.64. The zero-order valence-corrected chi connectivity index (χ0v) is 39.8. The molecule has 0 unspecified atom stereocenters. The predicted octanol–water partition coefficient (Wildman–Crippen LogP) is 4.56. The number of aliphatic carboxylic acids is 2. The van der Waals surface area contributed by atoms with Crippen LogP contribution in [0.25, 0.3) is 10.9 Å². The van der Waals surface area contributed by atoms with Crippen LogP contribution in [0.15, 0.2) is 91.1 Å². The molecule has 0 aliphatic carbocycles. The molecular formula is C51H67N7O10. The third-order valence-corrected chi connectivity index (χ3v) is 12.2. The normalized spacial score (nSPS) is 14.8. The fourth-order valence-corrected chi connectivity index (χ4v) is 7.98. The molecule has 0 bridgehead atoms. The molecule has 0 saturated carbocycles. The van der Waals surface area contributed by atoms with Gasteiger partial charge < -0.3 is 47.1 Å². The van der Waals surface area contributed by atoms with Gasteiger partial charge in [0.25, 0.3) is 0 Å². The minimum atomic E-state index is -1.72. The zero-order chi connectivity index (χ0) is 50.1. The second-order valence-corrected chi connectivity index (χ2v) is 17.8. The second-order valence-electron chi connectivity index (χ2n) is 17.8. The SMILES string of the molecule is CCC(=O)N[C@@H](C(=O)N[C@@H](CC(C)C)C(=O)N[C@@H](CC(=O)O)C(=O)N[C@H](C(=O)N[C@H](C(=O)N[C@@H](Cc1c[nH]c2ccccc12)C(=O)O)[C@@H](C)CC)[C@@H](C)CC)C(c1ccccc1)c1ccccc1. The lowest BCUT2D eigenvalue weighted by molar-refractivity contribution is -0.142. The van der Waals surface area contributed by atoms with Crippen molar-refractivity contribution in [2.75, 3.05) is 0 Å². The van der Waals surface area contributed by atoms with Crippen LogP contribution in [-0.2, 0) is 44.8 Å². The standard InChI is InChI=1S/C51H67N7O10/c1-8-30(6)43(48(64)55-39(51(67)68)26-34-28-52-36-24-18-17-23-35(34)36)58-49(65)44(31(7)9-2)57-47(63)38(27-41(60)61)53-46(62)37(25-29(4)5)54-50(66)45(56-40(59)10-3)42(32-19-13-11-14-20-32)33-21-15-12-16-22-33/h11-24,28-31,37-39,42-45,52H,8-10,25-27H2,1-7H3,(H,53,62)(H,54,66)(H,55,64)(H,56,59)(H,57,63)(H,58,65)(H,60,61)(H,67,68)/t30-,31-,37-,38-,39-,43-,44-,45+/m0/s1. The van der Waals surface area contributed by atoms with Gasteiger partial charge in [0.15, 0.2) is 0 Å². The molecule has 4 aromatic rings. The molecule has 0 aliphatic rings. The third-order valence-electron chi connectivity index (χ3n) is 12.2. The largest absolute Gasteiger partial charge is 0.481 e. The number of carbonyl (C=O) groups excluding carboxylic acids is 6. The summed E-state index contributed by atoms with van der Waals surface area (Å²) in [5.74, 6) is -9.17. The summed E-state index contributed by atoms with van der Waals surface area (Å²) in [5, 5.41) is 36.9. The van der Waals surface area contributed by atoms with Crippen LogP contribution in [-0.4, -0.2) is 98.8 Å². The fraction of sp³-hybridized carbons (Fsp3) is 0.451. The van der Waals surface area contributed by atoms with Crippen molar-refractivity contribution in [3.05, 3.63) is 108 Å². The maximum absolute atomic E-state index is 14.4. The number of aromatic nitrogens is 1. The number of rotatable bonds is 26. The molecule has 1 heterocycles. The van der Waals surface area contributed by atoms with E-state index in [9.17, 15) is 48.6 Å². The van der Waals surface area contributed by atoms with Gasteiger partial charge in [-0.25, -0.2) is 4.79 Å². The Bertz CT molecular complexity index is 2310. The Labute approximate surface area is 397 Å². The molecule has 1 aromatic heterocycles. The summed E-state index contributed by atoms with van der Waals surface area (Å²) in [7, 11) is 0. The molecule has 0 aliphatic heterocycles. The van der Waals surface area contributed by atoms with E-state index >= 15 is 0 Å². The number of H-pyrrole nitrogens is 1. The van der Waals surface area contributed by atoms with Crippen LogP contribution in [0.2, 0.25) is 0 Å². The lowest BCUT2D eigenvalue weighted by Gasteiger charge is -2.31. The summed E-state index contributed by atoms with van der Waals surface area (Å²) < 4.78 is 0. The van der Waals surface area contributed by atoms with Gasteiger partial charge in [-0.2, -0.15) is 0 Å². The van der Waals surface area contributed by atoms with Gasteiger partial charge in [0.1, 0.15) is 36.3 Å². The van der Waals surface area contributed by atoms with E-state index in [1.54, 1.807) is 40.8 Å². The van der Waals surface area contributed by atoms with Crippen LogP contribution in [0, 0.1) is 17.8 Å². The van der Waals surface area contributed by atoms with E-state index in [-0.39, 0.29) is 25.2 Å². The summed E-state index contributed by atoms with van der Waals surface area (Å²) >= 11 is 0. The highest BCUT2D eigenvalue weighted by molar-refractivity contribution is 5.98. The van der Waals surface area contributed by atoms with E-state index in [1.807, 2.05) is 98.8 Å². The number of para-hydroxylation sites is 1. The lowest BCUT2D eigenvalue weighted by Crippen LogP contribution is -2.61. The number of hydrogen-bond donors (Lipinski definition) is 9. The first kappa shape index (κ1) is 53.6. The number of hydrogen-bond acceptors (Lipinski definition) is 8. The van der Waals surface area contributed by atoms with Gasteiger partial charge in [0, 0.05) is 35.9 Å². The van der Waals surface area contributed by atoms with Crippen molar-refractivity contribution >= 4 is 58.3 Å². The maximum Gasteiger partial charge on any atom is 0.326 e. The van der Waals surface area contributed by atoms with Crippen molar-refractivity contribution in [3.63, 3.8) is 0 Å². The topological polar surface area (TPSA) is 265 Å². The Morgan fingerprint density at radius 1 is 0.544 bits per heavy atom. The number of carbonyl (C=O) groups is 8. The molecule has 6 amide bonds. The molecule has 0 spiro atoms. The Morgan fingerprint density at radius 2 is 1.01 bits per heavy atom. The van der Waals surface area contributed by atoms with Gasteiger partial charge in [-0.05, 0) is 46.9 Å². The number of carboxylic acids is 2. The molecule has 3 aromatic carbocycles. The number of benzene rings is 3. The van der Waals surface area contributed by atoms with Crippen molar-refractivity contribution in [1.82, 2.24) is 36.9 Å². The van der Waals surface area contributed by atoms with Gasteiger partial charge in [-0.1, -0.05) is 140 Å². The van der Waals surface area contributed by atoms with Crippen LogP contribution in [0.4, 0.5) is 0 Å². The third kappa shape index (κ3) is 15.0. The Balaban J connectivity index is 1.57. The number of carboxylic acid groups (broad SMARTS) is 2. The maximum atomic E-state index is 14.4. The first-order valence-electron chi connectivity index (χ1n) is 23.3. The van der Waals surface area contributed by atoms with Crippen molar-refractivity contribution < 1.29 is 48.6 Å². The zero-order valence-electron chi connectivity index (χ0n) is 39.8. The lowest BCUT2D eigenvalue weighted by atomic mass is 9.84. The van der Waals surface area contributed by atoms with E-state index in [0.717, 1.165) is 22.0 Å². The molecule has 8 atom stereocenters. The number of nitrogens with one attached hydrogen (secondary N) is 7. The summed E-state index contributed by atoms with van der Waals surface area (Å²) in [5.41, 5.74) is 2.91. The minimum Gasteiger partial charge on any atom is -0.481 e. The molecule has 0 radical (unpaired) electrons. The minimum absolute atomic E-state index is 0.0475. The highest BCUT2D eigenvalue weighted by atomic mass is 16.4. The summed E-state index contributed by atoms with van der Waals surface area (Å²) in [6.45, 7) is 12.2. The highest BCUT2D eigenvalue weighted by Gasteiger charge is 2.38. The molecule has 9 N–H and O–H groups in total. The van der Waals surface area contributed by atoms with Crippen LogP contribution in [0.5, 0.6) is 0 Å². The average molecular weight is 938 g/mol. The van der Waals surface area contributed by atoms with E-state index in [4.69, 9.17) is 0 Å². The van der Waals surface area contributed by atoms with Crippen LogP contribution < -0.4 is 31.9 Å². The predicted molar refractivity (Wildman–Crippen MR) is 257 cm³/mol. The van der Waals surface area contributed by atoms with E-state index in [0.29, 0.717) is 18.4 Å². The first-order chi connectivity index (χ1) is 32.4. The molecular weight excluding hydrogens is 871 g/mol. The van der Waals surface area contributed by atoms with Crippen LogP contribution >= 0.6 is 0 Å². The summed E-state index contributed by atoms with van der Waals surface area (Å²) in [4.78, 5) is 112. The monoisotopic (exact) mass is 937 g/mol. The number of fused-ring (bicyclic) bond motifs is 1. The van der Waals surface area contributed by atoms with Crippen molar-refractivity contribution in [2.24, 2.45) is 17.8 Å². The summed E-state index contributed by atoms with van der Waals surface area (Å²) in [6, 6.07) is 17.4. The Morgan fingerprint density at radius 3 is 1.53 bits per heavy atom. The van der Waals surface area contributed by atoms with Crippen molar-refractivity contribution in [1.29, 1.82) is 0 Å². The van der Waals surface area contributed by atoms with E-state index in [2.05, 4.69) is 36.9 Å². The second kappa shape index (κ2) is 25.8. The first-order valence-corrected chi connectivity index (χ1v) is 23.3. The van der Waals surface area contributed by atoms with Crippen LogP contribution in [0.3, 0.4) is 0 Å². The van der Waals surface area contributed by atoms with Crippen molar-refractivity contribution in [2.45, 2.75) is 129 Å². The molecule has 17 heteroatoms. The van der Waals surface area contributed by atoms with Gasteiger partial charge in [0.2, 0.25) is 35.4 Å².